The third-order valence-electron chi connectivity index (χ3n) is 3.11. The molecule has 1 fully saturated rings. The zero-order valence-electron chi connectivity index (χ0n) is 10.3. The first-order valence-electron chi connectivity index (χ1n) is 6.07. The summed E-state index contributed by atoms with van der Waals surface area (Å²) in [6, 6.07) is 5.84. The Morgan fingerprint density at radius 3 is 2.89 bits per heavy atom. The highest BCUT2D eigenvalue weighted by Crippen LogP contribution is 2.29. The Morgan fingerprint density at radius 2 is 2.22 bits per heavy atom. The number of benzene rings is 1. The van der Waals surface area contributed by atoms with Crippen molar-refractivity contribution in [2.45, 2.75) is 19.4 Å². The van der Waals surface area contributed by atoms with Gasteiger partial charge in [-0.05, 0) is 40.5 Å². The molecular weight excluding hydrogens is 296 g/mol. The Balaban J connectivity index is 2.20. The second-order valence-corrected chi connectivity index (χ2v) is 5.33. The van der Waals surface area contributed by atoms with Crippen LogP contribution in [0.4, 0.5) is 5.69 Å². The quantitative estimate of drug-likeness (QED) is 0.876. The molecule has 0 unspecified atom stereocenters. The van der Waals surface area contributed by atoms with Crippen LogP contribution >= 0.6 is 15.9 Å². The smallest absolute Gasteiger partial charge is 0.221 e. The van der Waals surface area contributed by atoms with Crippen LogP contribution in [-0.4, -0.2) is 30.6 Å². The Morgan fingerprint density at radius 1 is 1.44 bits per heavy atom. The number of rotatable bonds is 2. The second-order valence-electron chi connectivity index (χ2n) is 4.47. The summed E-state index contributed by atoms with van der Waals surface area (Å²) < 4.78 is 0.954. The maximum atomic E-state index is 11.3. The highest BCUT2D eigenvalue weighted by Gasteiger charge is 2.16. The number of hydrogen-bond acceptors (Lipinski definition) is 3. The first-order valence-corrected chi connectivity index (χ1v) is 6.86. The lowest BCUT2D eigenvalue weighted by molar-refractivity contribution is -0.120. The van der Waals surface area contributed by atoms with Crippen LogP contribution in [0.5, 0.6) is 0 Å². The van der Waals surface area contributed by atoms with Gasteiger partial charge in [0.2, 0.25) is 5.91 Å². The van der Waals surface area contributed by atoms with Gasteiger partial charge in [-0.15, -0.1) is 0 Å². The largest absolute Gasteiger partial charge is 0.389 e. The SMILES string of the molecule is C[C@@H](O)c1ccc(N2CCNC(=O)CC2)c(Br)c1. The summed E-state index contributed by atoms with van der Waals surface area (Å²) in [4.78, 5) is 13.5. The molecular formula is C13H17BrN2O2. The van der Waals surface area contributed by atoms with Crippen molar-refractivity contribution in [3.8, 4) is 0 Å². The predicted octanol–water partition coefficient (Wildman–Crippen LogP) is 1.83. The molecule has 0 aliphatic carbocycles. The molecule has 5 heteroatoms. The van der Waals surface area contributed by atoms with Gasteiger partial charge in [-0.3, -0.25) is 4.79 Å². The number of halogens is 1. The number of nitrogens with one attached hydrogen (secondary N) is 1. The van der Waals surface area contributed by atoms with Crippen molar-refractivity contribution in [3.05, 3.63) is 28.2 Å². The third kappa shape index (κ3) is 3.03. The molecule has 0 saturated carbocycles. The molecule has 0 bridgehead atoms. The van der Waals surface area contributed by atoms with E-state index in [0.29, 0.717) is 13.0 Å². The minimum Gasteiger partial charge on any atom is -0.389 e. The van der Waals surface area contributed by atoms with Crippen molar-refractivity contribution in [2.75, 3.05) is 24.5 Å². The molecule has 0 spiro atoms. The van der Waals surface area contributed by atoms with Gasteiger partial charge in [0, 0.05) is 30.5 Å². The van der Waals surface area contributed by atoms with E-state index in [4.69, 9.17) is 0 Å². The number of hydrogen-bond donors (Lipinski definition) is 2. The highest BCUT2D eigenvalue weighted by atomic mass is 79.9. The van der Waals surface area contributed by atoms with Gasteiger partial charge in [0.15, 0.2) is 0 Å². The number of aliphatic hydroxyl groups is 1. The maximum Gasteiger partial charge on any atom is 0.221 e. The summed E-state index contributed by atoms with van der Waals surface area (Å²) in [5, 5.41) is 12.4. The molecule has 2 rings (SSSR count). The first-order chi connectivity index (χ1) is 8.58. The monoisotopic (exact) mass is 312 g/mol. The molecule has 1 aromatic carbocycles. The van der Waals surface area contributed by atoms with Crippen molar-refractivity contribution in [2.24, 2.45) is 0 Å². The van der Waals surface area contributed by atoms with Gasteiger partial charge in [0.1, 0.15) is 0 Å². The highest BCUT2D eigenvalue weighted by molar-refractivity contribution is 9.10. The van der Waals surface area contributed by atoms with Crippen molar-refractivity contribution < 1.29 is 9.90 Å². The van der Waals surface area contributed by atoms with Crippen molar-refractivity contribution in [1.29, 1.82) is 0 Å². The lowest BCUT2D eigenvalue weighted by Gasteiger charge is -2.23. The average molecular weight is 313 g/mol. The lowest BCUT2D eigenvalue weighted by Crippen LogP contribution is -2.28. The Kier molecular flexibility index (Phi) is 4.24. The van der Waals surface area contributed by atoms with E-state index in [2.05, 4.69) is 26.1 Å². The standard InChI is InChI=1S/C13H17BrN2O2/c1-9(17)10-2-3-12(11(14)8-10)16-6-4-13(18)15-5-7-16/h2-3,8-9,17H,4-7H2,1H3,(H,15,18)/t9-/m1/s1. The Labute approximate surface area is 115 Å². The van der Waals surface area contributed by atoms with Gasteiger partial charge in [-0.2, -0.15) is 0 Å². The molecule has 2 N–H and O–H groups in total. The number of carbonyl (C=O) groups is 1. The summed E-state index contributed by atoms with van der Waals surface area (Å²) >= 11 is 3.53. The minimum atomic E-state index is -0.470. The van der Waals surface area contributed by atoms with E-state index >= 15 is 0 Å². The average Bonchev–Trinajstić information content (AvgIpc) is 2.54. The predicted molar refractivity (Wildman–Crippen MR) is 74.6 cm³/mol. The zero-order chi connectivity index (χ0) is 13.1. The molecule has 4 nitrogen and oxygen atoms in total. The summed E-state index contributed by atoms with van der Waals surface area (Å²) in [5.41, 5.74) is 1.95. The van der Waals surface area contributed by atoms with Crippen molar-refractivity contribution in [1.82, 2.24) is 5.32 Å². The van der Waals surface area contributed by atoms with Gasteiger partial charge >= 0.3 is 0 Å². The van der Waals surface area contributed by atoms with Gasteiger partial charge in [-0.25, -0.2) is 0 Å². The number of carbonyl (C=O) groups excluding carboxylic acids is 1. The second kappa shape index (κ2) is 5.71. The van der Waals surface area contributed by atoms with Crippen LogP contribution in [0.2, 0.25) is 0 Å². The number of aliphatic hydroxyl groups excluding tert-OH is 1. The van der Waals surface area contributed by atoms with E-state index in [1.807, 2.05) is 18.2 Å². The van der Waals surface area contributed by atoms with E-state index in [9.17, 15) is 9.90 Å². The fraction of sp³-hybridized carbons (Fsp3) is 0.462. The van der Waals surface area contributed by atoms with E-state index < -0.39 is 6.10 Å². The molecule has 1 atom stereocenters. The third-order valence-corrected chi connectivity index (χ3v) is 3.74. The Hall–Kier alpha value is -1.07. The topological polar surface area (TPSA) is 52.6 Å². The molecule has 1 saturated heterocycles. The van der Waals surface area contributed by atoms with Gasteiger partial charge in [-0.1, -0.05) is 6.07 Å². The van der Waals surface area contributed by atoms with E-state index in [0.717, 1.165) is 28.8 Å². The van der Waals surface area contributed by atoms with Crippen LogP contribution in [0, 0.1) is 0 Å². The molecule has 1 aromatic rings. The van der Waals surface area contributed by atoms with E-state index in [-0.39, 0.29) is 5.91 Å². The summed E-state index contributed by atoms with van der Waals surface area (Å²) in [7, 11) is 0. The molecule has 1 aliphatic heterocycles. The maximum absolute atomic E-state index is 11.3. The van der Waals surface area contributed by atoms with Crippen LogP contribution < -0.4 is 10.2 Å². The van der Waals surface area contributed by atoms with Crippen molar-refractivity contribution >= 4 is 27.5 Å². The molecule has 1 amide bonds. The van der Waals surface area contributed by atoms with Crippen LogP contribution in [0.1, 0.15) is 25.0 Å². The van der Waals surface area contributed by atoms with Crippen LogP contribution in [0.15, 0.2) is 22.7 Å². The Bertz CT molecular complexity index is 449. The van der Waals surface area contributed by atoms with Crippen LogP contribution in [0.3, 0.4) is 0 Å². The summed E-state index contributed by atoms with van der Waals surface area (Å²) in [5.74, 6) is 0.106. The number of anilines is 1. The fourth-order valence-electron chi connectivity index (χ4n) is 2.05. The molecule has 1 heterocycles. The van der Waals surface area contributed by atoms with Gasteiger partial charge in [0.05, 0.1) is 11.8 Å². The fourth-order valence-corrected chi connectivity index (χ4v) is 2.69. The summed E-state index contributed by atoms with van der Waals surface area (Å²) in [6.07, 6.45) is 0.0488. The minimum absolute atomic E-state index is 0.106. The normalized spacial score (nSPS) is 18.2. The molecule has 0 aromatic heterocycles. The number of nitrogens with zero attached hydrogens (tertiary/aromatic N) is 1. The van der Waals surface area contributed by atoms with Crippen molar-refractivity contribution in [3.63, 3.8) is 0 Å². The molecule has 18 heavy (non-hydrogen) atoms. The van der Waals surface area contributed by atoms with Gasteiger partial charge < -0.3 is 15.3 Å². The van der Waals surface area contributed by atoms with Gasteiger partial charge in [0.25, 0.3) is 0 Å². The van der Waals surface area contributed by atoms with E-state index in [1.165, 1.54) is 0 Å². The molecule has 98 valence electrons. The summed E-state index contributed by atoms with van der Waals surface area (Å²) in [6.45, 7) is 3.94. The van der Waals surface area contributed by atoms with E-state index in [1.54, 1.807) is 6.92 Å². The van der Waals surface area contributed by atoms with Crippen LogP contribution in [0.25, 0.3) is 0 Å². The molecule has 1 aliphatic rings. The van der Waals surface area contributed by atoms with Crippen LogP contribution in [-0.2, 0) is 4.79 Å². The number of amides is 1. The first kappa shape index (κ1) is 13.4. The zero-order valence-corrected chi connectivity index (χ0v) is 11.9. The lowest BCUT2D eigenvalue weighted by atomic mass is 10.1. The molecule has 0 radical (unpaired) electrons.